The van der Waals surface area contributed by atoms with Crippen molar-refractivity contribution >= 4 is 11.6 Å². The number of rotatable bonds is 7. The summed E-state index contributed by atoms with van der Waals surface area (Å²) in [4.78, 5) is 14.3. The molecule has 0 aliphatic carbocycles. The lowest BCUT2D eigenvalue weighted by Crippen LogP contribution is -2.39. The summed E-state index contributed by atoms with van der Waals surface area (Å²) in [6.07, 6.45) is 6.66. The monoisotopic (exact) mass is 315 g/mol. The molecular weight excluding hydrogens is 286 g/mol. The second-order valence-electron chi connectivity index (χ2n) is 7.14. The smallest absolute Gasteiger partial charge is 0.220 e. The molecule has 1 amide bonds. The molecule has 0 saturated carbocycles. The number of nitrogens with zero attached hydrogens (tertiary/aromatic N) is 1. The minimum atomic E-state index is 0.235. The molecule has 4 nitrogen and oxygen atoms in total. The van der Waals surface area contributed by atoms with Gasteiger partial charge in [-0.2, -0.15) is 0 Å². The summed E-state index contributed by atoms with van der Waals surface area (Å²) in [6, 6.07) is 11.7. The minimum Gasteiger partial charge on any atom is -0.375 e. The molecule has 1 aromatic rings. The first-order chi connectivity index (χ1) is 11.2. The van der Waals surface area contributed by atoms with Gasteiger partial charge < -0.3 is 15.5 Å². The molecule has 23 heavy (non-hydrogen) atoms. The summed E-state index contributed by atoms with van der Waals surface area (Å²) in [5, 5.41) is 6.74. The maximum Gasteiger partial charge on any atom is 0.220 e. The van der Waals surface area contributed by atoms with E-state index in [9.17, 15) is 4.79 Å². The number of piperidine rings is 1. The quantitative estimate of drug-likeness (QED) is 0.760. The minimum absolute atomic E-state index is 0.235. The highest BCUT2D eigenvalue weighted by Crippen LogP contribution is 2.32. The second kappa shape index (κ2) is 7.82. The van der Waals surface area contributed by atoms with Crippen LogP contribution in [0.3, 0.4) is 0 Å². The topological polar surface area (TPSA) is 44.4 Å². The Bertz CT molecular complexity index is 493. The molecule has 126 valence electrons. The van der Waals surface area contributed by atoms with Gasteiger partial charge in [0.25, 0.3) is 0 Å². The van der Waals surface area contributed by atoms with Crippen molar-refractivity contribution in [2.45, 2.75) is 50.6 Å². The van der Waals surface area contributed by atoms with Gasteiger partial charge in [0, 0.05) is 44.3 Å². The number of benzene rings is 1. The Morgan fingerprint density at radius 3 is 2.61 bits per heavy atom. The molecule has 4 heteroatoms. The van der Waals surface area contributed by atoms with Crippen LogP contribution in [0, 0.1) is 5.92 Å². The first-order valence-electron chi connectivity index (χ1n) is 8.99. The zero-order chi connectivity index (χ0) is 16.1. The Labute approximate surface area is 139 Å². The van der Waals surface area contributed by atoms with Crippen LogP contribution in [0.25, 0.3) is 0 Å². The van der Waals surface area contributed by atoms with Crippen LogP contribution < -0.4 is 15.5 Å². The summed E-state index contributed by atoms with van der Waals surface area (Å²) in [7, 11) is 2.10. The molecule has 0 radical (unpaired) electrons. The summed E-state index contributed by atoms with van der Waals surface area (Å²) in [6.45, 7) is 1.73. The van der Waals surface area contributed by atoms with Crippen LogP contribution >= 0.6 is 0 Å². The zero-order valence-electron chi connectivity index (χ0n) is 14.1. The van der Waals surface area contributed by atoms with E-state index in [1.54, 1.807) is 0 Å². The van der Waals surface area contributed by atoms with E-state index >= 15 is 0 Å². The van der Waals surface area contributed by atoms with Gasteiger partial charge in [-0.15, -0.1) is 0 Å². The van der Waals surface area contributed by atoms with Crippen LogP contribution in [0.15, 0.2) is 30.3 Å². The first-order valence-corrected chi connectivity index (χ1v) is 8.99. The van der Waals surface area contributed by atoms with E-state index in [-0.39, 0.29) is 5.91 Å². The molecule has 3 rings (SSSR count). The molecule has 2 aliphatic rings. The molecule has 0 aromatic heterocycles. The molecular formula is C19H29N3O. The van der Waals surface area contributed by atoms with Crippen LogP contribution in [0.1, 0.15) is 38.5 Å². The summed E-state index contributed by atoms with van der Waals surface area (Å²) < 4.78 is 0. The van der Waals surface area contributed by atoms with Gasteiger partial charge in [0.15, 0.2) is 0 Å². The van der Waals surface area contributed by atoms with Gasteiger partial charge >= 0.3 is 0 Å². The third-order valence-electron chi connectivity index (χ3n) is 5.23. The number of hydrogen-bond acceptors (Lipinski definition) is 3. The Morgan fingerprint density at radius 2 is 1.91 bits per heavy atom. The molecule has 2 saturated heterocycles. The van der Waals surface area contributed by atoms with Gasteiger partial charge in [0.2, 0.25) is 5.91 Å². The molecule has 2 aliphatic heterocycles. The molecule has 2 bridgehead atoms. The average molecular weight is 315 g/mol. The lowest BCUT2D eigenvalue weighted by molar-refractivity contribution is -0.122. The van der Waals surface area contributed by atoms with Crippen molar-refractivity contribution in [2.75, 3.05) is 25.0 Å². The van der Waals surface area contributed by atoms with E-state index in [0.717, 1.165) is 19.5 Å². The van der Waals surface area contributed by atoms with E-state index in [1.807, 2.05) is 6.07 Å². The van der Waals surface area contributed by atoms with Gasteiger partial charge in [-0.3, -0.25) is 4.79 Å². The van der Waals surface area contributed by atoms with Crippen LogP contribution in [-0.4, -0.2) is 38.1 Å². The van der Waals surface area contributed by atoms with Crippen LogP contribution in [0.4, 0.5) is 5.69 Å². The summed E-state index contributed by atoms with van der Waals surface area (Å²) in [5.41, 5.74) is 1.23. The number of carbonyl (C=O) groups is 1. The Balaban J connectivity index is 1.30. The van der Waals surface area contributed by atoms with Gasteiger partial charge in [0.05, 0.1) is 0 Å². The highest BCUT2D eigenvalue weighted by Gasteiger charge is 2.33. The van der Waals surface area contributed by atoms with E-state index in [4.69, 9.17) is 0 Å². The normalized spacial score (nSPS) is 26.0. The fourth-order valence-electron chi connectivity index (χ4n) is 4.03. The Morgan fingerprint density at radius 1 is 1.22 bits per heavy atom. The van der Waals surface area contributed by atoms with Gasteiger partial charge in [-0.05, 0) is 50.2 Å². The number of carbonyl (C=O) groups excluding carboxylic acids is 1. The van der Waals surface area contributed by atoms with E-state index in [1.165, 1.54) is 31.4 Å². The zero-order valence-corrected chi connectivity index (χ0v) is 14.1. The van der Waals surface area contributed by atoms with Crippen molar-refractivity contribution in [2.24, 2.45) is 5.92 Å². The maximum absolute atomic E-state index is 12.1. The van der Waals surface area contributed by atoms with Gasteiger partial charge in [-0.25, -0.2) is 0 Å². The molecule has 2 unspecified atom stereocenters. The number of nitrogens with one attached hydrogen (secondary N) is 2. The third-order valence-corrected chi connectivity index (χ3v) is 5.23. The number of hydrogen-bond donors (Lipinski definition) is 2. The van der Waals surface area contributed by atoms with Crippen LogP contribution in [0.2, 0.25) is 0 Å². The van der Waals surface area contributed by atoms with Crippen molar-refractivity contribution in [1.82, 2.24) is 10.6 Å². The fourth-order valence-corrected chi connectivity index (χ4v) is 4.03. The van der Waals surface area contributed by atoms with Gasteiger partial charge in [-0.1, -0.05) is 18.2 Å². The third kappa shape index (κ3) is 4.71. The molecule has 1 aromatic carbocycles. The summed E-state index contributed by atoms with van der Waals surface area (Å²) >= 11 is 0. The van der Waals surface area contributed by atoms with E-state index in [2.05, 4.69) is 46.8 Å². The predicted octanol–water partition coefficient (Wildman–Crippen LogP) is 2.55. The predicted molar refractivity (Wildman–Crippen MR) is 94.6 cm³/mol. The number of amides is 1. The number of fused-ring (bicyclic) bond motifs is 2. The van der Waals surface area contributed by atoms with Crippen LogP contribution in [0.5, 0.6) is 0 Å². The number of para-hydroxylation sites is 1. The SMILES string of the molecule is CN(CCCNC(=O)CC1CC2CCC(C1)N2)c1ccccc1. The van der Waals surface area contributed by atoms with E-state index < -0.39 is 0 Å². The molecule has 2 N–H and O–H groups in total. The molecule has 2 atom stereocenters. The highest BCUT2D eigenvalue weighted by atomic mass is 16.1. The van der Waals surface area contributed by atoms with Crippen molar-refractivity contribution < 1.29 is 4.79 Å². The van der Waals surface area contributed by atoms with Crippen molar-refractivity contribution in [3.8, 4) is 0 Å². The highest BCUT2D eigenvalue weighted by molar-refractivity contribution is 5.76. The number of anilines is 1. The standard InChI is InChI=1S/C19H29N3O/c1-22(18-6-3-2-4-7-18)11-5-10-20-19(23)14-15-12-16-8-9-17(13-15)21-16/h2-4,6-7,15-17,21H,5,8-14H2,1H3,(H,20,23). The lowest BCUT2D eigenvalue weighted by Gasteiger charge is -2.28. The van der Waals surface area contributed by atoms with Crippen molar-refractivity contribution in [3.05, 3.63) is 30.3 Å². The average Bonchev–Trinajstić information content (AvgIpc) is 2.91. The largest absolute Gasteiger partial charge is 0.375 e. The van der Waals surface area contributed by atoms with Crippen LogP contribution in [-0.2, 0) is 4.79 Å². The second-order valence-corrected chi connectivity index (χ2v) is 7.14. The molecule has 2 heterocycles. The fraction of sp³-hybridized carbons (Fsp3) is 0.632. The lowest BCUT2D eigenvalue weighted by atomic mass is 9.89. The van der Waals surface area contributed by atoms with Crippen molar-refractivity contribution in [1.29, 1.82) is 0 Å². The maximum atomic E-state index is 12.1. The summed E-state index contributed by atoms with van der Waals surface area (Å²) in [5.74, 6) is 0.819. The van der Waals surface area contributed by atoms with Gasteiger partial charge in [0.1, 0.15) is 0 Å². The molecule has 2 fully saturated rings. The molecule has 0 spiro atoms. The Kier molecular flexibility index (Phi) is 5.55. The van der Waals surface area contributed by atoms with E-state index in [0.29, 0.717) is 24.4 Å². The van der Waals surface area contributed by atoms with Crippen molar-refractivity contribution in [3.63, 3.8) is 0 Å². The first kappa shape index (κ1) is 16.3. The Hall–Kier alpha value is -1.55.